The van der Waals surface area contributed by atoms with E-state index in [9.17, 15) is 18.5 Å². The van der Waals surface area contributed by atoms with Crippen molar-refractivity contribution in [1.82, 2.24) is 14.9 Å². The van der Waals surface area contributed by atoms with Crippen LogP contribution in [0.1, 0.15) is 5.69 Å². The zero-order chi connectivity index (χ0) is 15.5. The van der Waals surface area contributed by atoms with Gasteiger partial charge in [-0.1, -0.05) is 0 Å². The fraction of sp³-hybridized carbons (Fsp3) is 0.0909. The summed E-state index contributed by atoms with van der Waals surface area (Å²) in [5, 5.41) is 18.3. The van der Waals surface area contributed by atoms with E-state index in [0.29, 0.717) is 5.69 Å². The van der Waals surface area contributed by atoms with Gasteiger partial charge in [-0.3, -0.25) is 10.1 Å². The third-order valence-electron chi connectivity index (χ3n) is 2.54. The van der Waals surface area contributed by atoms with Gasteiger partial charge in [0.1, 0.15) is 0 Å². The topological polar surface area (TPSA) is 141 Å². The predicted molar refractivity (Wildman–Crippen MR) is 73.6 cm³/mol. The number of sulfonamides is 1. The Hall–Kier alpha value is -2.59. The molecule has 10 heteroatoms. The van der Waals surface area contributed by atoms with Crippen molar-refractivity contribution >= 4 is 21.4 Å². The highest BCUT2D eigenvalue weighted by atomic mass is 32.2. The molecular formula is C11H11N5O4S. The van der Waals surface area contributed by atoms with Crippen LogP contribution in [0.2, 0.25) is 0 Å². The molecule has 110 valence electrons. The molecule has 0 spiro atoms. The smallest absolute Gasteiger partial charge is 0.291 e. The summed E-state index contributed by atoms with van der Waals surface area (Å²) in [5.41, 5.74) is 5.35. The first kappa shape index (κ1) is 14.8. The van der Waals surface area contributed by atoms with Gasteiger partial charge < -0.3 is 5.73 Å². The first-order valence-corrected chi connectivity index (χ1v) is 7.18. The van der Waals surface area contributed by atoms with Gasteiger partial charge in [-0.15, -0.1) is 0 Å². The molecule has 9 nitrogen and oxygen atoms in total. The first-order chi connectivity index (χ1) is 9.90. The molecule has 1 aromatic heterocycles. The van der Waals surface area contributed by atoms with E-state index in [-0.39, 0.29) is 12.2 Å². The van der Waals surface area contributed by atoms with Gasteiger partial charge in [0.25, 0.3) is 5.69 Å². The second-order valence-corrected chi connectivity index (χ2v) is 5.76. The van der Waals surface area contributed by atoms with E-state index >= 15 is 0 Å². The number of nitrogens with one attached hydrogen (secondary N) is 1. The van der Waals surface area contributed by atoms with Gasteiger partial charge in [0, 0.05) is 18.0 Å². The molecule has 0 fully saturated rings. The summed E-state index contributed by atoms with van der Waals surface area (Å²) < 4.78 is 26.5. The summed E-state index contributed by atoms with van der Waals surface area (Å²) in [4.78, 5) is 9.68. The van der Waals surface area contributed by atoms with Crippen LogP contribution in [-0.2, 0) is 16.6 Å². The zero-order valence-electron chi connectivity index (χ0n) is 10.6. The van der Waals surface area contributed by atoms with Crippen molar-refractivity contribution in [2.75, 3.05) is 5.73 Å². The predicted octanol–water partition coefficient (Wildman–Crippen LogP) is 0.445. The number of nitrogens with zero attached hydrogens (tertiary/aromatic N) is 3. The first-order valence-electron chi connectivity index (χ1n) is 5.70. The molecule has 1 heterocycles. The number of hydrogen-bond acceptors (Lipinski definition) is 7. The molecule has 3 N–H and O–H groups in total. The molecule has 1 aromatic carbocycles. The van der Waals surface area contributed by atoms with Gasteiger partial charge in [0.15, 0.2) is 4.90 Å². The maximum atomic E-state index is 12.1. The number of anilines is 1. The van der Waals surface area contributed by atoms with Gasteiger partial charge in [-0.2, -0.15) is 10.2 Å². The number of nitrogens with two attached hydrogens (primary N) is 1. The Morgan fingerprint density at radius 3 is 2.71 bits per heavy atom. The van der Waals surface area contributed by atoms with E-state index in [1.807, 2.05) is 0 Å². The van der Waals surface area contributed by atoms with Gasteiger partial charge in [0.05, 0.1) is 17.2 Å². The lowest BCUT2D eigenvalue weighted by molar-refractivity contribution is -0.387. The minimum Gasteiger partial charge on any atom is -0.399 e. The normalized spacial score (nSPS) is 11.2. The number of aromatic nitrogens is 2. The van der Waals surface area contributed by atoms with Crippen molar-refractivity contribution < 1.29 is 13.3 Å². The van der Waals surface area contributed by atoms with Crippen molar-refractivity contribution in [3.63, 3.8) is 0 Å². The molecule has 0 atom stereocenters. The Kier molecular flexibility index (Phi) is 4.10. The van der Waals surface area contributed by atoms with Crippen molar-refractivity contribution in [1.29, 1.82) is 0 Å². The second kappa shape index (κ2) is 5.81. The Bertz CT molecular complexity index is 763. The molecule has 0 bridgehead atoms. The molecule has 0 unspecified atom stereocenters. The van der Waals surface area contributed by atoms with Crippen LogP contribution in [0.4, 0.5) is 11.4 Å². The quantitative estimate of drug-likeness (QED) is 0.464. The zero-order valence-corrected chi connectivity index (χ0v) is 11.4. The molecular weight excluding hydrogens is 298 g/mol. The third kappa shape index (κ3) is 3.49. The van der Waals surface area contributed by atoms with Crippen LogP contribution in [-0.4, -0.2) is 23.5 Å². The summed E-state index contributed by atoms with van der Waals surface area (Å²) in [6.45, 7) is -0.127. The molecule has 0 aliphatic rings. The summed E-state index contributed by atoms with van der Waals surface area (Å²) in [6, 6.07) is 6.54. The highest BCUT2D eigenvalue weighted by Gasteiger charge is 2.25. The lowest BCUT2D eigenvalue weighted by Gasteiger charge is -2.07. The molecule has 0 saturated heterocycles. The molecule has 0 aliphatic carbocycles. The molecule has 2 rings (SSSR count). The van der Waals surface area contributed by atoms with Crippen LogP contribution in [0.5, 0.6) is 0 Å². The maximum Gasteiger partial charge on any atom is 0.291 e. The summed E-state index contributed by atoms with van der Waals surface area (Å²) >= 11 is 0. The van der Waals surface area contributed by atoms with Crippen LogP contribution >= 0.6 is 0 Å². The summed E-state index contributed by atoms with van der Waals surface area (Å²) in [5.74, 6) is 0. The van der Waals surface area contributed by atoms with Gasteiger partial charge in [0.2, 0.25) is 10.0 Å². The highest BCUT2D eigenvalue weighted by Crippen LogP contribution is 2.25. The number of rotatable bonds is 5. The van der Waals surface area contributed by atoms with Crippen molar-refractivity contribution in [3.8, 4) is 0 Å². The molecule has 0 amide bonds. The standard InChI is InChI=1S/C11H11N5O4S/c12-8-3-4-11(10(6-8)16(17)18)21(19,20)14-7-9-2-1-5-13-15-9/h1-6,14H,7,12H2. The second-order valence-electron chi connectivity index (χ2n) is 4.02. The Balaban J connectivity index is 2.30. The van der Waals surface area contributed by atoms with E-state index in [1.54, 1.807) is 12.1 Å². The molecule has 21 heavy (non-hydrogen) atoms. The van der Waals surface area contributed by atoms with E-state index in [2.05, 4.69) is 14.9 Å². The van der Waals surface area contributed by atoms with E-state index in [4.69, 9.17) is 5.73 Å². The van der Waals surface area contributed by atoms with E-state index < -0.39 is 25.5 Å². The number of benzene rings is 1. The fourth-order valence-corrected chi connectivity index (χ4v) is 2.73. The number of nitrogen functional groups attached to an aromatic ring is 1. The monoisotopic (exact) mass is 309 g/mol. The fourth-order valence-electron chi connectivity index (χ4n) is 1.58. The van der Waals surface area contributed by atoms with Gasteiger partial charge in [-0.05, 0) is 24.3 Å². The Morgan fingerprint density at radius 2 is 2.10 bits per heavy atom. The highest BCUT2D eigenvalue weighted by molar-refractivity contribution is 7.89. The van der Waals surface area contributed by atoms with Crippen LogP contribution < -0.4 is 10.5 Å². The lowest BCUT2D eigenvalue weighted by Crippen LogP contribution is -2.24. The summed E-state index contributed by atoms with van der Waals surface area (Å²) in [7, 11) is -4.07. The molecule has 2 aromatic rings. The van der Waals surface area contributed by atoms with Crippen molar-refractivity contribution in [2.45, 2.75) is 11.4 Å². The number of hydrogen-bond donors (Lipinski definition) is 2. The number of nitro benzene ring substituents is 1. The van der Waals surface area contributed by atoms with Gasteiger partial charge in [-0.25, -0.2) is 13.1 Å². The average molecular weight is 309 g/mol. The SMILES string of the molecule is Nc1ccc(S(=O)(=O)NCc2cccnn2)c([N+](=O)[O-])c1. The van der Waals surface area contributed by atoms with E-state index in [0.717, 1.165) is 12.1 Å². The third-order valence-corrected chi connectivity index (χ3v) is 3.99. The maximum absolute atomic E-state index is 12.1. The average Bonchev–Trinajstić information content (AvgIpc) is 2.46. The molecule has 0 aliphatic heterocycles. The minimum absolute atomic E-state index is 0.106. The van der Waals surface area contributed by atoms with E-state index in [1.165, 1.54) is 12.3 Å². The molecule has 0 saturated carbocycles. The van der Waals surface area contributed by atoms with Crippen LogP contribution in [0.25, 0.3) is 0 Å². The van der Waals surface area contributed by atoms with Crippen molar-refractivity contribution in [3.05, 3.63) is 52.3 Å². The van der Waals surface area contributed by atoms with Crippen LogP contribution in [0, 0.1) is 10.1 Å². The van der Waals surface area contributed by atoms with Crippen LogP contribution in [0.15, 0.2) is 41.4 Å². The number of nitro groups is 1. The minimum atomic E-state index is -4.07. The van der Waals surface area contributed by atoms with Crippen LogP contribution in [0.3, 0.4) is 0 Å². The Morgan fingerprint density at radius 1 is 1.33 bits per heavy atom. The summed E-state index contributed by atoms with van der Waals surface area (Å²) in [6.07, 6.45) is 1.45. The van der Waals surface area contributed by atoms with Gasteiger partial charge >= 0.3 is 0 Å². The lowest BCUT2D eigenvalue weighted by atomic mass is 10.3. The van der Waals surface area contributed by atoms with Crippen molar-refractivity contribution in [2.24, 2.45) is 0 Å². The molecule has 0 radical (unpaired) electrons. The Labute approximate surface area is 120 Å². The largest absolute Gasteiger partial charge is 0.399 e.